The summed E-state index contributed by atoms with van der Waals surface area (Å²) in [5.41, 5.74) is 1.53. The van der Waals surface area contributed by atoms with Crippen LogP contribution in [0.1, 0.15) is 35.4 Å². The van der Waals surface area contributed by atoms with Gasteiger partial charge in [-0.2, -0.15) is 0 Å². The molecule has 1 aliphatic rings. The van der Waals surface area contributed by atoms with Crippen LogP contribution in [0.2, 0.25) is 0 Å². The Bertz CT molecular complexity index is 710. The van der Waals surface area contributed by atoms with Gasteiger partial charge in [0.2, 0.25) is 0 Å². The maximum atomic E-state index is 12.4. The fourth-order valence-electron chi connectivity index (χ4n) is 3.38. The average molecular weight is 342 g/mol. The van der Waals surface area contributed by atoms with E-state index in [9.17, 15) is 9.90 Å². The molecular formula is C20H26N2O3. The van der Waals surface area contributed by atoms with Crippen molar-refractivity contribution >= 4 is 5.91 Å². The minimum atomic E-state index is -0.0808. The normalized spacial score (nSPS) is 18.2. The molecular weight excluding hydrogens is 316 g/mol. The Balaban J connectivity index is 1.56. The number of carbonyl (C=O) groups is 1. The number of likely N-dealkylation sites (tertiary alicyclic amines) is 1. The maximum Gasteiger partial charge on any atom is 0.251 e. The highest BCUT2D eigenvalue weighted by molar-refractivity contribution is 5.95. The third-order valence-corrected chi connectivity index (χ3v) is 4.79. The minimum Gasteiger partial charge on any atom is -0.461 e. The second-order valence-corrected chi connectivity index (χ2v) is 6.62. The Morgan fingerprint density at radius 2 is 2.20 bits per heavy atom. The molecule has 0 spiro atoms. The van der Waals surface area contributed by atoms with Gasteiger partial charge in [-0.15, -0.1) is 0 Å². The molecule has 1 atom stereocenters. The quantitative estimate of drug-likeness (QED) is 0.847. The Labute approximate surface area is 148 Å². The number of hydrogen-bond donors (Lipinski definition) is 2. The summed E-state index contributed by atoms with van der Waals surface area (Å²) >= 11 is 0. The zero-order valence-corrected chi connectivity index (χ0v) is 14.7. The van der Waals surface area contributed by atoms with Gasteiger partial charge in [-0.1, -0.05) is 18.6 Å². The molecule has 1 amide bonds. The summed E-state index contributed by atoms with van der Waals surface area (Å²) in [6.07, 6.45) is 3.37. The number of nitrogens with one attached hydrogen (secondary N) is 1. The number of aliphatic hydroxyl groups is 1. The summed E-state index contributed by atoms with van der Waals surface area (Å²) in [6.45, 7) is 4.45. The van der Waals surface area contributed by atoms with Gasteiger partial charge < -0.3 is 14.8 Å². The highest BCUT2D eigenvalue weighted by Gasteiger charge is 2.21. The molecule has 0 aliphatic carbocycles. The van der Waals surface area contributed by atoms with E-state index in [0.717, 1.165) is 43.0 Å². The Morgan fingerprint density at radius 3 is 2.96 bits per heavy atom. The lowest BCUT2D eigenvalue weighted by atomic mass is 10.0. The first-order chi connectivity index (χ1) is 12.2. The first kappa shape index (κ1) is 17.7. The third-order valence-electron chi connectivity index (χ3n) is 4.79. The van der Waals surface area contributed by atoms with E-state index in [1.54, 1.807) is 0 Å². The Morgan fingerprint density at radius 1 is 1.32 bits per heavy atom. The monoisotopic (exact) mass is 342 g/mol. The summed E-state index contributed by atoms with van der Waals surface area (Å²) in [6, 6.07) is 11.5. The average Bonchev–Trinajstić information content (AvgIpc) is 3.08. The predicted molar refractivity (Wildman–Crippen MR) is 97.5 cm³/mol. The zero-order valence-electron chi connectivity index (χ0n) is 14.7. The van der Waals surface area contributed by atoms with E-state index in [2.05, 4.69) is 10.2 Å². The van der Waals surface area contributed by atoms with Crippen LogP contribution >= 0.6 is 0 Å². The Kier molecular flexibility index (Phi) is 5.89. The van der Waals surface area contributed by atoms with Gasteiger partial charge in [0.25, 0.3) is 5.91 Å². The number of hydrogen-bond acceptors (Lipinski definition) is 4. The summed E-state index contributed by atoms with van der Waals surface area (Å²) in [4.78, 5) is 14.7. The van der Waals surface area contributed by atoms with Gasteiger partial charge in [-0.25, -0.2) is 0 Å². The van der Waals surface area contributed by atoms with Crippen molar-refractivity contribution < 1.29 is 14.3 Å². The number of benzene rings is 1. The Hall–Kier alpha value is -2.11. The molecule has 3 rings (SSSR count). The third kappa shape index (κ3) is 4.50. The van der Waals surface area contributed by atoms with E-state index in [1.807, 2.05) is 43.3 Å². The maximum absolute atomic E-state index is 12.4. The number of aryl methyl sites for hydroxylation is 1. The van der Waals surface area contributed by atoms with Crippen LogP contribution in [-0.2, 0) is 0 Å². The smallest absolute Gasteiger partial charge is 0.251 e. The first-order valence-electron chi connectivity index (χ1n) is 8.97. The molecule has 1 aromatic heterocycles. The van der Waals surface area contributed by atoms with Crippen LogP contribution in [0, 0.1) is 6.92 Å². The number of aliphatic hydroxyl groups excluding tert-OH is 1. The van der Waals surface area contributed by atoms with Crippen LogP contribution in [0.5, 0.6) is 0 Å². The molecule has 1 aromatic carbocycles. The van der Waals surface area contributed by atoms with Crippen molar-refractivity contribution in [2.45, 2.75) is 32.2 Å². The lowest BCUT2D eigenvalue weighted by Crippen LogP contribution is -2.45. The van der Waals surface area contributed by atoms with Gasteiger partial charge in [0.1, 0.15) is 11.5 Å². The van der Waals surface area contributed by atoms with Crippen molar-refractivity contribution in [3.05, 3.63) is 47.7 Å². The summed E-state index contributed by atoms with van der Waals surface area (Å²) in [5.74, 6) is 1.54. The number of rotatable bonds is 6. The van der Waals surface area contributed by atoms with E-state index in [-0.39, 0.29) is 18.6 Å². The van der Waals surface area contributed by atoms with Crippen molar-refractivity contribution in [3.63, 3.8) is 0 Å². The van der Waals surface area contributed by atoms with Crippen molar-refractivity contribution in [2.24, 2.45) is 0 Å². The molecule has 1 saturated heterocycles. The summed E-state index contributed by atoms with van der Waals surface area (Å²) in [7, 11) is 0. The molecule has 2 aromatic rings. The molecule has 5 heteroatoms. The molecule has 134 valence electrons. The fourth-order valence-corrected chi connectivity index (χ4v) is 3.38. The molecule has 25 heavy (non-hydrogen) atoms. The van der Waals surface area contributed by atoms with Crippen LogP contribution < -0.4 is 5.32 Å². The molecule has 2 heterocycles. The van der Waals surface area contributed by atoms with E-state index < -0.39 is 0 Å². The van der Waals surface area contributed by atoms with E-state index in [4.69, 9.17) is 4.42 Å². The van der Waals surface area contributed by atoms with Gasteiger partial charge in [0.05, 0.1) is 6.61 Å². The minimum absolute atomic E-state index is 0.0808. The van der Waals surface area contributed by atoms with Crippen LogP contribution in [0.25, 0.3) is 11.3 Å². The van der Waals surface area contributed by atoms with Crippen LogP contribution in [0.3, 0.4) is 0 Å². The highest BCUT2D eigenvalue weighted by Crippen LogP contribution is 2.22. The molecule has 0 saturated carbocycles. The van der Waals surface area contributed by atoms with Crippen LogP contribution in [0.15, 0.2) is 40.8 Å². The van der Waals surface area contributed by atoms with Crippen molar-refractivity contribution in [3.8, 4) is 11.3 Å². The molecule has 5 nitrogen and oxygen atoms in total. The van der Waals surface area contributed by atoms with Crippen molar-refractivity contribution in [1.29, 1.82) is 0 Å². The van der Waals surface area contributed by atoms with Gasteiger partial charge in [-0.3, -0.25) is 9.69 Å². The molecule has 0 unspecified atom stereocenters. The SMILES string of the molecule is Cc1ccc(-c2cccc(C(=O)NCCN3CCCC[C@@H]3CO)c2)o1. The van der Waals surface area contributed by atoms with E-state index >= 15 is 0 Å². The molecule has 0 radical (unpaired) electrons. The zero-order chi connectivity index (χ0) is 17.6. The molecule has 1 fully saturated rings. The predicted octanol–water partition coefficient (Wildman–Crippen LogP) is 2.83. The largest absolute Gasteiger partial charge is 0.461 e. The summed E-state index contributed by atoms with van der Waals surface area (Å²) < 4.78 is 5.63. The number of carbonyl (C=O) groups excluding carboxylic acids is 1. The van der Waals surface area contributed by atoms with Gasteiger partial charge in [0.15, 0.2) is 0 Å². The standard InChI is InChI=1S/C20H26N2O3/c1-15-8-9-19(25-15)16-5-4-6-17(13-16)20(24)21-10-12-22-11-3-2-7-18(22)14-23/h4-6,8-9,13,18,23H,2-3,7,10-12,14H2,1H3,(H,21,24)/t18-/m1/s1. The van der Waals surface area contributed by atoms with Gasteiger partial charge in [-0.05, 0) is 50.6 Å². The van der Waals surface area contributed by atoms with Gasteiger partial charge in [0, 0.05) is 30.3 Å². The molecule has 1 aliphatic heterocycles. The van der Waals surface area contributed by atoms with E-state index in [1.165, 1.54) is 6.42 Å². The fraction of sp³-hybridized carbons (Fsp3) is 0.450. The second kappa shape index (κ2) is 8.32. The number of furan rings is 1. The van der Waals surface area contributed by atoms with Crippen molar-refractivity contribution in [2.75, 3.05) is 26.2 Å². The number of nitrogens with zero attached hydrogens (tertiary/aromatic N) is 1. The van der Waals surface area contributed by atoms with Gasteiger partial charge >= 0.3 is 0 Å². The molecule has 2 N–H and O–H groups in total. The first-order valence-corrected chi connectivity index (χ1v) is 8.97. The number of piperidine rings is 1. The number of amides is 1. The van der Waals surface area contributed by atoms with E-state index in [0.29, 0.717) is 12.1 Å². The lowest BCUT2D eigenvalue weighted by molar-refractivity contribution is 0.0849. The van der Waals surface area contributed by atoms with Crippen LogP contribution in [0.4, 0.5) is 0 Å². The second-order valence-electron chi connectivity index (χ2n) is 6.62. The topological polar surface area (TPSA) is 65.7 Å². The molecule has 0 bridgehead atoms. The highest BCUT2D eigenvalue weighted by atomic mass is 16.3. The van der Waals surface area contributed by atoms with Crippen molar-refractivity contribution in [1.82, 2.24) is 10.2 Å². The summed E-state index contributed by atoms with van der Waals surface area (Å²) in [5, 5.41) is 12.4. The van der Waals surface area contributed by atoms with Crippen LogP contribution in [-0.4, -0.2) is 48.2 Å². The lowest BCUT2D eigenvalue weighted by Gasteiger charge is -2.34.